The third-order valence-electron chi connectivity index (χ3n) is 3.82. The minimum atomic E-state index is -4.12. The number of H-pyrrole nitrogens is 1. The summed E-state index contributed by atoms with van der Waals surface area (Å²) in [5, 5.41) is 11.0. The average Bonchev–Trinajstić information content (AvgIpc) is 3.19. The molecule has 0 saturated heterocycles. The highest BCUT2D eigenvalue weighted by molar-refractivity contribution is 9.10. The molecule has 0 aliphatic heterocycles. The van der Waals surface area contributed by atoms with Crippen LogP contribution in [-0.2, 0) is 17.1 Å². The van der Waals surface area contributed by atoms with Gasteiger partial charge in [-0.3, -0.25) is 9.71 Å². The number of aromatic nitrogens is 5. The zero-order chi connectivity index (χ0) is 20.1. The maximum atomic E-state index is 13.0. The molecule has 0 atom stereocenters. The Bertz CT molecular complexity index is 1380. The van der Waals surface area contributed by atoms with E-state index in [1.807, 2.05) is 0 Å². The zero-order valence-corrected chi connectivity index (χ0v) is 17.1. The van der Waals surface area contributed by atoms with Crippen LogP contribution < -0.4 is 10.5 Å². The predicted octanol–water partition coefficient (Wildman–Crippen LogP) is 2.53. The first kappa shape index (κ1) is 18.7. The Kier molecular flexibility index (Phi) is 4.48. The first-order valence-corrected chi connectivity index (χ1v) is 10.3. The number of aryl methyl sites for hydroxylation is 1. The molecule has 4 rings (SSSR count). The summed E-state index contributed by atoms with van der Waals surface area (Å²) in [5.41, 5.74) is 1.12. The lowest BCUT2D eigenvalue weighted by atomic mass is 10.2. The van der Waals surface area contributed by atoms with Gasteiger partial charge in [0.05, 0.1) is 5.52 Å². The molecule has 0 aliphatic carbocycles. The number of hydrogen-bond acceptors (Lipinski definition) is 7. The molecular formula is C15H10BrClN6O4S. The number of hydrogen-bond donors (Lipinski definition) is 2. The quantitative estimate of drug-likeness (QED) is 0.453. The normalized spacial score (nSPS) is 11.8. The summed E-state index contributed by atoms with van der Waals surface area (Å²) < 4.78 is 34.9. The standard InChI is InChI=1S/C15H10BrClN6O4S/c1-23-14(19-21-22-23)7-3-2-4-8(5-7)20-28(25,26)13-9(16)6-10-12(11(13)17)27-15(24)18-10/h2-6,20H,1H3,(H,18,24). The van der Waals surface area contributed by atoms with E-state index in [-0.39, 0.29) is 31.2 Å². The summed E-state index contributed by atoms with van der Waals surface area (Å²) in [7, 11) is -2.45. The van der Waals surface area contributed by atoms with Crippen LogP contribution in [0, 0.1) is 0 Å². The van der Waals surface area contributed by atoms with E-state index < -0.39 is 15.8 Å². The molecule has 2 heterocycles. The van der Waals surface area contributed by atoms with E-state index in [1.165, 1.54) is 10.7 Å². The maximum absolute atomic E-state index is 13.0. The Morgan fingerprint density at radius 2 is 2.11 bits per heavy atom. The van der Waals surface area contributed by atoms with Crippen LogP contribution in [0.4, 0.5) is 5.69 Å². The molecule has 0 unspecified atom stereocenters. The first-order valence-electron chi connectivity index (χ1n) is 7.63. The van der Waals surface area contributed by atoms with Crippen molar-refractivity contribution in [3.05, 3.63) is 50.4 Å². The molecule has 10 nitrogen and oxygen atoms in total. The fourth-order valence-corrected chi connectivity index (χ4v) is 5.56. The minimum absolute atomic E-state index is 0.0471. The van der Waals surface area contributed by atoms with Crippen LogP contribution >= 0.6 is 27.5 Å². The van der Waals surface area contributed by atoms with Crippen molar-refractivity contribution < 1.29 is 12.8 Å². The van der Waals surface area contributed by atoms with E-state index in [0.717, 1.165) is 0 Å². The van der Waals surface area contributed by atoms with Crippen LogP contribution in [0.2, 0.25) is 5.02 Å². The molecule has 0 radical (unpaired) electrons. The van der Waals surface area contributed by atoms with Gasteiger partial charge in [-0.2, -0.15) is 0 Å². The van der Waals surface area contributed by atoms with Crippen LogP contribution in [-0.4, -0.2) is 33.6 Å². The van der Waals surface area contributed by atoms with Gasteiger partial charge in [0.15, 0.2) is 11.4 Å². The van der Waals surface area contributed by atoms with E-state index in [0.29, 0.717) is 11.4 Å². The Morgan fingerprint density at radius 1 is 1.32 bits per heavy atom. The summed E-state index contributed by atoms with van der Waals surface area (Å²) in [6, 6.07) is 7.96. The van der Waals surface area contributed by atoms with Gasteiger partial charge in [0.1, 0.15) is 9.92 Å². The van der Waals surface area contributed by atoms with Crippen molar-refractivity contribution in [1.82, 2.24) is 25.2 Å². The molecule has 2 aromatic heterocycles. The number of benzene rings is 2. The molecule has 0 saturated carbocycles. The van der Waals surface area contributed by atoms with Gasteiger partial charge in [-0.05, 0) is 44.6 Å². The van der Waals surface area contributed by atoms with Crippen molar-refractivity contribution in [3.8, 4) is 11.4 Å². The fraction of sp³-hybridized carbons (Fsp3) is 0.0667. The minimum Gasteiger partial charge on any atom is -0.406 e. The summed E-state index contributed by atoms with van der Waals surface area (Å²) in [6.45, 7) is 0. The van der Waals surface area contributed by atoms with E-state index in [4.69, 9.17) is 16.0 Å². The summed E-state index contributed by atoms with van der Waals surface area (Å²) in [6.07, 6.45) is 0. The van der Waals surface area contributed by atoms with Crippen molar-refractivity contribution in [3.63, 3.8) is 0 Å². The second-order valence-electron chi connectivity index (χ2n) is 5.71. The van der Waals surface area contributed by atoms with Crippen molar-refractivity contribution in [2.75, 3.05) is 4.72 Å². The van der Waals surface area contributed by atoms with Crippen molar-refractivity contribution in [2.45, 2.75) is 4.90 Å². The second-order valence-corrected chi connectivity index (χ2v) is 8.56. The van der Waals surface area contributed by atoms with E-state index >= 15 is 0 Å². The number of anilines is 1. The molecule has 0 amide bonds. The Labute approximate surface area is 170 Å². The van der Waals surface area contributed by atoms with Crippen LogP contribution in [0.15, 0.2) is 48.9 Å². The monoisotopic (exact) mass is 484 g/mol. The predicted molar refractivity (Wildman–Crippen MR) is 105 cm³/mol. The molecule has 4 aromatic rings. The SMILES string of the molecule is Cn1nnnc1-c1cccc(NS(=O)(=O)c2c(Br)cc3[nH]c(=O)oc3c2Cl)c1. The van der Waals surface area contributed by atoms with Crippen molar-refractivity contribution in [2.24, 2.45) is 7.05 Å². The molecule has 28 heavy (non-hydrogen) atoms. The van der Waals surface area contributed by atoms with Crippen LogP contribution in [0.1, 0.15) is 0 Å². The maximum Gasteiger partial charge on any atom is 0.417 e. The number of sulfonamides is 1. The number of nitrogens with zero attached hydrogens (tertiary/aromatic N) is 4. The van der Waals surface area contributed by atoms with Gasteiger partial charge in [0.25, 0.3) is 10.0 Å². The molecular weight excluding hydrogens is 476 g/mol. The molecule has 2 N–H and O–H groups in total. The topological polar surface area (TPSA) is 136 Å². The van der Waals surface area contributed by atoms with E-state index in [1.54, 1.807) is 31.3 Å². The van der Waals surface area contributed by atoms with Gasteiger partial charge in [0, 0.05) is 22.8 Å². The molecule has 2 aromatic carbocycles. The molecule has 13 heteroatoms. The third-order valence-corrected chi connectivity index (χ3v) is 6.65. The molecule has 0 aliphatic rings. The smallest absolute Gasteiger partial charge is 0.406 e. The van der Waals surface area contributed by atoms with Crippen LogP contribution in [0.25, 0.3) is 22.5 Å². The van der Waals surface area contributed by atoms with Crippen LogP contribution in [0.3, 0.4) is 0 Å². The fourth-order valence-electron chi connectivity index (χ4n) is 2.65. The number of oxazole rings is 1. The van der Waals surface area contributed by atoms with Crippen LogP contribution in [0.5, 0.6) is 0 Å². The second kappa shape index (κ2) is 6.72. The Morgan fingerprint density at radius 3 is 2.82 bits per heavy atom. The lowest BCUT2D eigenvalue weighted by Crippen LogP contribution is -2.14. The number of rotatable bonds is 4. The summed E-state index contributed by atoms with van der Waals surface area (Å²) in [4.78, 5) is 13.6. The number of aromatic amines is 1. The highest BCUT2D eigenvalue weighted by Crippen LogP contribution is 2.36. The van der Waals surface area contributed by atoms with Gasteiger partial charge >= 0.3 is 5.76 Å². The molecule has 144 valence electrons. The number of tetrazole rings is 1. The molecule has 0 fully saturated rings. The van der Waals surface area contributed by atoms with Crippen molar-refractivity contribution >= 4 is 54.3 Å². The van der Waals surface area contributed by atoms with E-state index in [9.17, 15) is 13.2 Å². The van der Waals surface area contributed by atoms with Gasteiger partial charge in [-0.25, -0.2) is 17.9 Å². The van der Waals surface area contributed by atoms with E-state index in [2.05, 4.69) is 41.2 Å². The lowest BCUT2D eigenvalue weighted by molar-refractivity contribution is 0.554. The van der Waals surface area contributed by atoms with Gasteiger partial charge in [0.2, 0.25) is 0 Å². The third kappa shape index (κ3) is 3.19. The number of nitrogens with one attached hydrogen (secondary N) is 2. The highest BCUT2D eigenvalue weighted by Gasteiger charge is 2.26. The van der Waals surface area contributed by atoms with Gasteiger partial charge < -0.3 is 4.42 Å². The van der Waals surface area contributed by atoms with Gasteiger partial charge in [-0.1, -0.05) is 23.7 Å². The van der Waals surface area contributed by atoms with Gasteiger partial charge in [-0.15, -0.1) is 5.10 Å². The lowest BCUT2D eigenvalue weighted by Gasteiger charge is -2.12. The summed E-state index contributed by atoms with van der Waals surface area (Å²) >= 11 is 9.40. The zero-order valence-electron chi connectivity index (χ0n) is 14.0. The largest absolute Gasteiger partial charge is 0.417 e. The summed E-state index contributed by atoms with van der Waals surface area (Å²) in [5.74, 6) is -0.271. The first-order chi connectivity index (χ1) is 13.3. The molecule has 0 bridgehead atoms. The van der Waals surface area contributed by atoms with Crippen molar-refractivity contribution in [1.29, 1.82) is 0 Å². The number of halogens is 2. The number of fused-ring (bicyclic) bond motifs is 1. The Hall–Kier alpha value is -2.70. The molecule has 0 spiro atoms. The highest BCUT2D eigenvalue weighted by atomic mass is 79.9. The average molecular weight is 486 g/mol. The Balaban J connectivity index is 1.78.